The predicted molar refractivity (Wildman–Crippen MR) is 134 cm³/mol. The Hall–Kier alpha value is -2.72. The topological polar surface area (TPSA) is 87.7 Å². The zero-order valence-corrected chi connectivity index (χ0v) is 20.7. The van der Waals surface area contributed by atoms with Crippen molar-refractivity contribution in [3.8, 4) is 5.75 Å². The van der Waals surface area contributed by atoms with Gasteiger partial charge in [-0.3, -0.25) is 9.69 Å². The molecule has 3 aromatic rings. The van der Waals surface area contributed by atoms with Gasteiger partial charge >= 0.3 is 0 Å². The van der Waals surface area contributed by atoms with Crippen LogP contribution in [-0.4, -0.2) is 46.0 Å². The van der Waals surface area contributed by atoms with Gasteiger partial charge in [-0.1, -0.05) is 18.2 Å². The highest BCUT2D eigenvalue weighted by atomic mass is 32.2. The van der Waals surface area contributed by atoms with Crippen molar-refractivity contribution in [3.63, 3.8) is 0 Å². The highest BCUT2D eigenvalue weighted by Crippen LogP contribution is 2.27. The lowest BCUT2D eigenvalue weighted by molar-refractivity contribution is 0.0938. The molecule has 0 radical (unpaired) electrons. The molecule has 9 heteroatoms. The Kier molecular flexibility index (Phi) is 7.99. The molecule has 2 aromatic carbocycles. The molecule has 1 unspecified atom stereocenters. The zero-order chi connectivity index (χ0) is 24.0. The summed E-state index contributed by atoms with van der Waals surface area (Å²) in [6.45, 7) is 2.67. The number of hydrogen-bond donors (Lipinski definition) is 2. The average Bonchev–Trinajstić information content (AvgIpc) is 3.58. The minimum atomic E-state index is -3.65. The van der Waals surface area contributed by atoms with Gasteiger partial charge in [-0.15, -0.1) is 11.3 Å². The van der Waals surface area contributed by atoms with Crippen LogP contribution in [-0.2, 0) is 16.6 Å². The van der Waals surface area contributed by atoms with Gasteiger partial charge in [0.15, 0.2) is 0 Å². The van der Waals surface area contributed by atoms with Crippen molar-refractivity contribution < 1.29 is 17.9 Å². The van der Waals surface area contributed by atoms with Gasteiger partial charge in [0.25, 0.3) is 5.91 Å². The quantitative estimate of drug-likeness (QED) is 0.443. The van der Waals surface area contributed by atoms with Crippen LogP contribution < -0.4 is 14.8 Å². The average molecular weight is 500 g/mol. The van der Waals surface area contributed by atoms with Crippen LogP contribution in [0.5, 0.6) is 5.75 Å². The number of benzene rings is 2. The molecule has 1 aromatic heterocycles. The highest BCUT2D eigenvalue weighted by Gasteiger charge is 2.24. The minimum absolute atomic E-state index is 0.0441. The molecule has 180 valence electrons. The van der Waals surface area contributed by atoms with Gasteiger partial charge in [0.05, 0.1) is 18.0 Å². The minimum Gasteiger partial charge on any atom is -0.497 e. The maximum atomic E-state index is 12.8. The van der Waals surface area contributed by atoms with E-state index in [4.69, 9.17) is 4.74 Å². The Morgan fingerprint density at radius 1 is 1.09 bits per heavy atom. The van der Waals surface area contributed by atoms with Gasteiger partial charge in [-0.05, 0) is 79.3 Å². The first-order chi connectivity index (χ1) is 16.5. The lowest BCUT2D eigenvalue weighted by Crippen LogP contribution is -2.36. The molecule has 4 rings (SSSR count). The number of thiophene rings is 1. The number of nitrogens with one attached hydrogen (secondary N) is 2. The van der Waals surface area contributed by atoms with Crippen molar-refractivity contribution in [2.45, 2.75) is 30.3 Å². The molecule has 1 fully saturated rings. The lowest BCUT2D eigenvalue weighted by atomic mass is 10.0. The maximum Gasteiger partial charge on any atom is 0.251 e. The number of methoxy groups -OCH3 is 1. The van der Waals surface area contributed by atoms with Gasteiger partial charge in [-0.25, -0.2) is 13.1 Å². The monoisotopic (exact) mass is 499 g/mol. The first kappa shape index (κ1) is 24.4. The molecule has 7 nitrogen and oxygen atoms in total. The van der Waals surface area contributed by atoms with Gasteiger partial charge < -0.3 is 10.1 Å². The van der Waals surface area contributed by atoms with Crippen LogP contribution in [0.2, 0.25) is 0 Å². The van der Waals surface area contributed by atoms with E-state index >= 15 is 0 Å². The number of carbonyl (C=O) groups is 1. The van der Waals surface area contributed by atoms with Crippen molar-refractivity contribution in [2.75, 3.05) is 26.7 Å². The summed E-state index contributed by atoms with van der Waals surface area (Å²) in [7, 11) is -2.01. The van der Waals surface area contributed by atoms with Crippen LogP contribution in [0.1, 0.15) is 39.7 Å². The van der Waals surface area contributed by atoms with Crippen molar-refractivity contribution >= 4 is 27.3 Å². The van der Waals surface area contributed by atoms with Crippen LogP contribution in [0, 0.1) is 0 Å². The zero-order valence-electron chi connectivity index (χ0n) is 19.1. The molecular formula is C25H29N3O4S2. The first-order valence-electron chi connectivity index (χ1n) is 11.2. The van der Waals surface area contributed by atoms with Crippen LogP contribution in [0.25, 0.3) is 0 Å². The van der Waals surface area contributed by atoms with Crippen LogP contribution >= 0.6 is 11.3 Å². The number of likely N-dealkylation sites (tertiary alicyclic amines) is 1. The summed E-state index contributed by atoms with van der Waals surface area (Å²) in [5.41, 5.74) is 1.52. The van der Waals surface area contributed by atoms with Crippen LogP contribution in [0.4, 0.5) is 0 Å². The first-order valence-corrected chi connectivity index (χ1v) is 13.6. The van der Waals surface area contributed by atoms with Crippen LogP contribution in [0.15, 0.2) is 70.9 Å². The van der Waals surface area contributed by atoms with E-state index in [0.29, 0.717) is 12.1 Å². The Bertz CT molecular complexity index is 1190. The smallest absolute Gasteiger partial charge is 0.251 e. The van der Waals surface area contributed by atoms with Crippen molar-refractivity contribution in [3.05, 3.63) is 82.0 Å². The van der Waals surface area contributed by atoms with E-state index in [1.165, 1.54) is 23.5 Å². The molecular weight excluding hydrogens is 470 g/mol. The summed E-state index contributed by atoms with van der Waals surface area (Å²) in [6, 6.07) is 17.8. The van der Waals surface area contributed by atoms with E-state index < -0.39 is 10.0 Å². The van der Waals surface area contributed by atoms with E-state index in [-0.39, 0.29) is 23.4 Å². The molecule has 1 aliphatic heterocycles. The number of sulfonamides is 1. The second-order valence-electron chi connectivity index (χ2n) is 8.17. The molecule has 0 saturated carbocycles. The molecule has 2 heterocycles. The Morgan fingerprint density at radius 2 is 1.85 bits per heavy atom. The lowest BCUT2D eigenvalue weighted by Gasteiger charge is -2.28. The molecule has 1 amide bonds. The van der Waals surface area contributed by atoms with E-state index in [9.17, 15) is 13.2 Å². The number of nitrogens with zero attached hydrogens (tertiary/aromatic N) is 1. The molecule has 1 aliphatic rings. The molecule has 0 aliphatic carbocycles. The molecule has 2 N–H and O–H groups in total. The summed E-state index contributed by atoms with van der Waals surface area (Å²) < 4.78 is 33.1. The summed E-state index contributed by atoms with van der Waals surface area (Å²) in [4.78, 5) is 16.3. The Morgan fingerprint density at radius 3 is 2.53 bits per heavy atom. The van der Waals surface area contributed by atoms with E-state index in [1.807, 2.05) is 35.7 Å². The van der Waals surface area contributed by atoms with E-state index in [0.717, 1.165) is 42.1 Å². The summed E-state index contributed by atoms with van der Waals surface area (Å²) in [5, 5.41) is 4.93. The van der Waals surface area contributed by atoms with Crippen LogP contribution in [0.3, 0.4) is 0 Å². The second-order valence-corrected chi connectivity index (χ2v) is 11.0. The fourth-order valence-electron chi connectivity index (χ4n) is 4.10. The number of carbonyl (C=O) groups excluding carboxylic acids is 1. The third kappa shape index (κ3) is 6.04. The normalized spacial score (nSPS) is 15.2. The van der Waals surface area contributed by atoms with Crippen molar-refractivity contribution in [2.24, 2.45) is 0 Å². The fraction of sp³-hybridized carbons (Fsp3) is 0.320. The van der Waals surface area contributed by atoms with Crippen molar-refractivity contribution in [1.82, 2.24) is 14.9 Å². The van der Waals surface area contributed by atoms with Gasteiger partial charge in [0, 0.05) is 23.5 Å². The van der Waals surface area contributed by atoms with Crippen molar-refractivity contribution in [1.29, 1.82) is 0 Å². The molecule has 1 atom stereocenters. The van der Waals surface area contributed by atoms with Gasteiger partial charge in [0.2, 0.25) is 10.0 Å². The number of rotatable bonds is 10. The third-order valence-corrected chi connectivity index (χ3v) is 8.25. The molecule has 0 spiro atoms. The number of hydrogen-bond acceptors (Lipinski definition) is 6. The Balaban J connectivity index is 1.40. The third-order valence-electron chi connectivity index (χ3n) is 5.96. The summed E-state index contributed by atoms with van der Waals surface area (Å²) >= 11 is 1.49. The number of amides is 1. The largest absolute Gasteiger partial charge is 0.497 e. The summed E-state index contributed by atoms with van der Waals surface area (Å²) in [6.07, 6.45) is 2.29. The predicted octanol–water partition coefficient (Wildman–Crippen LogP) is 3.80. The highest BCUT2D eigenvalue weighted by molar-refractivity contribution is 7.89. The second kappa shape index (κ2) is 11.1. The SMILES string of the molecule is COc1cccc(C(CNC(=O)c2ccc(S(=O)(=O)NCc3cccs3)cc2)N2CCCC2)c1. The molecule has 1 saturated heterocycles. The maximum absolute atomic E-state index is 12.8. The number of ether oxygens (including phenoxy) is 1. The van der Waals surface area contributed by atoms with Gasteiger partial charge in [0.1, 0.15) is 5.75 Å². The molecule has 34 heavy (non-hydrogen) atoms. The Labute approximate surface area is 204 Å². The summed E-state index contributed by atoms with van der Waals surface area (Å²) in [5.74, 6) is 0.556. The standard InChI is InChI=1S/C25H29N3O4S2/c1-32-21-7-4-6-20(16-21)24(28-13-2-3-14-28)18-26-25(29)19-9-11-23(12-10-19)34(30,31)27-17-22-8-5-15-33-22/h4-12,15-16,24,27H,2-3,13-14,17-18H2,1H3,(H,26,29). The fourth-order valence-corrected chi connectivity index (χ4v) is 5.84. The van der Waals surface area contributed by atoms with E-state index in [1.54, 1.807) is 19.2 Å². The molecule has 0 bridgehead atoms. The van der Waals surface area contributed by atoms with Gasteiger partial charge in [-0.2, -0.15) is 0 Å². The van der Waals surface area contributed by atoms with E-state index in [2.05, 4.69) is 21.0 Å².